The second-order valence-corrected chi connectivity index (χ2v) is 5.52. The highest BCUT2D eigenvalue weighted by Gasteiger charge is 2.26. The number of ether oxygens (including phenoxy) is 1. The second-order valence-electron chi connectivity index (χ2n) is 5.52. The number of halogens is 1. The lowest BCUT2D eigenvalue weighted by atomic mass is 10.1. The molecule has 1 aromatic heterocycles. The molecule has 0 bridgehead atoms. The first kappa shape index (κ1) is 16.8. The zero-order valence-corrected chi connectivity index (χ0v) is 13.7. The molecule has 130 valence electrons. The minimum Gasteiger partial charge on any atom is -0.494 e. The molecule has 1 saturated heterocycles. The molecule has 0 N–H and O–H groups in total. The summed E-state index contributed by atoms with van der Waals surface area (Å²) in [6.07, 6.45) is 4.38. The van der Waals surface area contributed by atoms with Crippen molar-refractivity contribution in [1.29, 1.82) is 0 Å². The Bertz CT molecular complexity index is 777. The smallest absolute Gasteiger partial charge is 0.274 e. The molecular weight excluding hydrogens is 327 g/mol. The maximum atomic E-state index is 13.8. The second kappa shape index (κ2) is 7.25. The standard InChI is InChI=1S/C17H17FN4O3/c1-25-15-3-2-12(10-13(15)18)16(23)21-6-8-22(9-7-21)17(24)14-11-19-4-5-20-14/h2-5,10-11H,6-9H2,1H3. The molecule has 3 rings (SSSR count). The molecule has 0 spiro atoms. The predicted octanol–water partition coefficient (Wildman–Crippen LogP) is 1.22. The zero-order valence-electron chi connectivity index (χ0n) is 13.7. The van der Waals surface area contributed by atoms with Gasteiger partial charge in [-0.2, -0.15) is 0 Å². The molecule has 8 heteroatoms. The third-order valence-electron chi connectivity index (χ3n) is 4.04. The van der Waals surface area contributed by atoms with Crippen LogP contribution in [0.1, 0.15) is 20.8 Å². The van der Waals surface area contributed by atoms with Crippen molar-refractivity contribution in [3.8, 4) is 5.75 Å². The van der Waals surface area contributed by atoms with Crippen LogP contribution < -0.4 is 4.74 Å². The number of hydrogen-bond donors (Lipinski definition) is 0. The number of piperazine rings is 1. The molecule has 2 aromatic rings. The van der Waals surface area contributed by atoms with Gasteiger partial charge in [0, 0.05) is 44.1 Å². The maximum Gasteiger partial charge on any atom is 0.274 e. The SMILES string of the molecule is COc1ccc(C(=O)N2CCN(C(=O)c3cnccn3)CC2)cc1F. The van der Waals surface area contributed by atoms with E-state index in [1.165, 1.54) is 37.8 Å². The van der Waals surface area contributed by atoms with Gasteiger partial charge in [0.05, 0.1) is 13.3 Å². The first-order valence-corrected chi connectivity index (χ1v) is 7.78. The maximum absolute atomic E-state index is 13.8. The largest absolute Gasteiger partial charge is 0.494 e. The Morgan fingerprint density at radius 3 is 2.32 bits per heavy atom. The van der Waals surface area contributed by atoms with Gasteiger partial charge >= 0.3 is 0 Å². The van der Waals surface area contributed by atoms with E-state index in [2.05, 4.69) is 9.97 Å². The third kappa shape index (κ3) is 3.57. The number of aromatic nitrogens is 2. The summed E-state index contributed by atoms with van der Waals surface area (Å²) in [5.74, 6) is -0.968. The minimum atomic E-state index is -0.579. The van der Waals surface area contributed by atoms with Crippen LogP contribution in [0.4, 0.5) is 4.39 Å². The van der Waals surface area contributed by atoms with Crippen molar-refractivity contribution < 1.29 is 18.7 Å². The summed E-state index contributed by atoms with van der Waals surface area (Å²) in [6.45, 7) is 1.52. The molecule has 0 atom stereocenters. The molecule has 1 aliphatic heterocycles. The average Bonchev–Trinajstić information content (AvgIpc) is 2.67. The molecule has 2 amide bonds. The van der Waals surface area contributed by atoms with E-state index >= 15 is 0 Å². The van der Waals surface area contributed by atoms with Crippen LogP contribution >= 0.6 is 0 Å². The van der Waals surface area contributed by atoms with Gasteiger partial charge < -0.3 is 14.5 Å². The van der Waals surface area contributed by atoms with Crippen molar-refractivity contribution in [1.82, 2.24) is 19.8 Å². The van der Waals surface area contributed by atoms with Crippen molar-refractivity contribution in [3.63, 3.8) is 0 Å². The molecule has 1 fully saturated rings. The number of carbonyl (C=O) groups is 2. The Kier molecular flexibility index (Phi) is 4.87. The van der Waals surface area contributed by atoms with Crippen LogP contribution in [-0.4, -0.2) is 64.9 Å². The lowest BCUT2D eigenvalue weighted by Crippen LogP contribution is -2.50. The first-order chi connectivity index (χ1) is 12.1. The summed E-state index contributed by atoms with van der Waals surface area (Å²) >= 11 is 0. The van der Waals surface area contributed by atoms with Crippen LogP contribution in [0.2, 0.25) is 0 Å². The van der Waals surface area contributed by atoms with Gasteiger partial charge in [-0.25, -0.2) is 9.37 Å². The Labute approximate surface area is 144 Å². The van der Waals surface area contributed by atoms with Crippen molar-refractivity contribution in [2.75, 3.05) is 33.3 Å². The fourth-order valence-electron chi connectivity index (χ4n) is 2.67. The summed E-state index contributed by atoms with van der Waals surface area (Å²) in [7, 11) is 1.37. The molecule has 1 aliphatic rings. The van der Waals surface area contributed by atoms with Gasteiger partial charge in [0.1, 0.15) is 5.69 Å². The Morgan fingerprint density at radius 2 is 1.76 bits per heavy atom. The highest BCUT2D eigenvalue weighted by Crippen LogP contribution is 2.19. The van der Waals surface area contributed by atoms with Gasteiger partial charge in [0.2, 0.25) is 0 Å². The van der Waals surface area contributed by atoms with E-state index in [9.17, 15) is 14.0 Å². The predicted molar refractivity (Wildman–Crippen MR) is 86.8 cm³/mol. The molecule has 2 heterocycles. The third-order valence-corrected chi connectivity index (χ3v) is 4.04. The van der Waals surface area contributed by atoms with E-state index in [1.807, 2.05) is 0 Å². The molecule has 0 saturated carbocycles. The van der Waals surface area contributed by atoms with Crippen LogP contribution in [0.3, 0.4) is 0 Å². The Hall–Kier alpha value is -3.03. The number of amides is 2. The lowest BCUT2D eigenvalue weighted by Gasteiger charge is -2.34. The van der Waals surface area contributed by atoms with Gasteiger partial charge in [-0.1, -0.05) is 0 Å². The lowest BCUT2D eigenvalue weighted by molar-refractivity contribution is 0.0531. The van der Waals surface area contributed by atoms with Crippen molar-refractivity contribution >= 4 is 11.8 Å². The van der Waals surface area contributed by atoms with E-state index in [0.29, 0.717) is 26.2 Å². The van der Waals surface area contributed by atoms with E-state index in [0.717, 1.165) is 6.07 Å². The van der Waals surface area contributed by atoms with Crippen molar-refractivity contribution in [2.45, 2.75) is 0 Å². The Morgan fingerprint density at radius 1 is 1.08 bits per heavy atom. The highest BCUT2D eigenvalue weighted by molar-refractivity contribution is 5.95. The van der Waals surface area contributed by atoms with Gasteiger partial charge in [-0.15, -0.1) is 0 Å². The summed E-state index contributed by atoms with van der Waals surface area (Å²) < 4.78 is 18.6. The molecule has 7 nitrogen and oxygen atoms in total. The molecule has 0 unspecified atom stereocenters. The van der Waals surface area contributed by atoms with Crippen LogP contribution in [0.15, 0.2) is 36.8 Å². The first-order valence-electron chi connectivity index (χ1n) is 7.78. The monoisotopic (exact) mass is 344 g/mol. The van der Waals surface area contributed by atoms with E-state index in [1.54, 1.807) is 9.80 Å². The fraction of sp³-hybridized carbons (Fsp3) is 0.294. The Balaban J connectivity index is 1.63. The quantitative estimate of drug-likeness (QED) is 0.837. The summed E-state index contributed by atoms with van der Waals surface area (Å²) in [5.41, 5.74) is 0.534. The molecule has 1 aromatic carbocycles. The van der Waals surface area contributed by atoms with Gasteiger partial charge in [-0.3, -0.25) is 14.6 Å². The number of hydrogen-bond acceptors (Lipinski definition) is 5. The number of benzene rings is 1. The van der Waals surface area contributed by atoms with Crippen molar-refractivity contribution in [2.24, 2.45) is 0 Å². The number of nitrogens with zero attached hydrogens (tertiary/aromatic N) is 4. The molecule has 0 radical (unpaired) electrons. The van der Waals surface area contributed by atoms with Gasteiger partial charge in [0.15, 0.2) is 11.6 Å². The van der Waals surface area contributed by atoms with Gasteiger partial charge in [-0.05, 0) is 18.2 Å². The molecule has 25 heavy (non-hydrogen) atoms. The fourth-order valence-corrected chi connectivity index (χ4v) is 2.67. The summed E-state index contributed by atoms with van der Waals surface area (Å²) in [4.78, 5) is 35.9. The minimum absolute atomic E-state index is 0.0935. The van der Waals surface area contributed by atoms with Crippen LogP contribution in [0.25, 0.3) is 0 Å². The summed E-state index contributed by atoms with van der Waals surface area (Å²) in [5, 5.41) is 0. The normalized spacial score (nSPS) is 14.3. The molecular formula is C17H17FN4O3. The zero-order chi connectivity index (χ0) is 17.8. The van der Waals surface area contributed by atoms with E-state index in [4.69, 9.17) is 4.74 Å². The topological polar surface area (TPSA) is 75.6 Å². The molecule has 0 aliphatic carbocycles. The van der Waals surface area contributed by atoms with Crippen molar-refractivity contribution in [3.05, 3.63) is 53.9 Å². The number of carbonyl (C=O) groups excluding carboxylic acids is 2. The van der Waals surface area contributed by atoms with E-state index < -0.39 is 5.82 Å². The van der Waals surface area contributed by atoms with Crippen LogP contribution in [0.5, 0.6) is 5.75 Å². The van der Waals surface area contributed by atoms with Gasteiger partial charge in [0.25, 0.3) is 11.8 Å². The van der Waals surface area contributed by atoms with Crippen LogP contribution in [-0.2, 0) is 0 Å². The number of methoxy groups -OCH3 is 1. The number of rotatable bonds is 3. The summed E-state index contributed by atoms with van der Waals surface area (Å²) in [6, 6.07) is 4.12. The average molecular weight is 344 g/mol. The highest BCUT2D eigenvalue weighted by atomic mass is 19.1. The van der Waals surface area contributed by atoms with E-state index in [-0.39, 0.29) is 28.8 Å². The van der Waals surface area contributed by atoms with Crippen LogP contribution in [0, 0.1) is 5.82 Å².